The molecule has 1 unspecified atom stereocenters. The van der Waals surface area contributed by atoms with E-state index in [0.29, 0.717) is 6.04 Å². The summed E-state index contributed by atoms with van der Waals surface area (Å²) >= 11 is 1.74. The summed E-state index contributed by atoms with van der Waals surface area (Å²) in [4.78, 5) is 4.57. The number of pyridine rings is 1. The van der Waals surface area contributed by atoms with Crippen LogP contribution in [0.5, 0.6) is 0 Å². The van der Waals surface area contributed by atoms with Crippen LogP contribution in [0.25, 0.3) is 0 Å². The minimum atomic E-state index is 0.300. The molecule has 16 heavy (non-hydrogen) atoms. The van der Waals surface area contributed by atoms with Gasteiger partial charge in [0.1, 0.15) is 0 Å². The summed E-state index contributed by atoms with van der Waals surface area (Å²) in [7, 11) is 1.99. The van der Waals surface area contributed by atoms with Crippen LogP contribution in [0.4, 0.5) is 0 Å². The monoisotopic (exact) mass is 232 g/mol. The molecule has 3 heteroatoms. The Morgan fingerprint density at radius 3 is 2.88 bits per heavy atom. The van der Waals surface area contributed by atoms with Crippen LogP contribution in [0, 0.1) is 6.92 Å². The minimum absolute atomic E-state index is 0.300. The number of hydrogen-bond donors (Lipinski definition) is 1. The first kappa shape index (κ1) is 11.3. The van der Waals surface area contributed by atoms with Crippen molar-refractivity contribution in [2.45, 2.75) is 19.4 Å². The molecule has 2 rings (SSSR count). The molecule has 2 nitrogen and oxygen atoms in total. The molecule has 0 aliphatic heterocycles. The molecule has 0 radical (unpaired) electrons. The Balaban J connectivity index is 2.16. The van der Waals surface area contributed by atoms with Crippen LogP contribution in [-0.2, 0) is 6.42 Å². The summed E-state index contributed by atoms with van der Waals surface area (Å²) in [6.45, 7) is 2.03. The summed E-state index contributed by atoms with van der Waals surface area (Å²) in [5.74, 6) is 0. The first-order valence-corrected chi connectivity index (χ1v) is 6.36. The van der Waals surface area contributed by atoms with Gasteiger partial charge in [-0.2, -0.15) is 11.3 Å². The molecule has 2 heterocycles. The Morgan fingerprint density at radius 1 is 1.38 bits per heavy atom. The maximum atomic E-state index is 4.57. The van der Waals surface area contributed by atoms with Gasteiger partial charge in [0.2, 0.25) is 0 Å². The van der Waals surface area contributed by atoms with Crippen LogP contribution in [0.15, 0.2) is 35.0 Å². The molecule has 0 aliphatic rings. The van der Waals surface area contributed by atoms with Crippen molar-refractivity contribution in [3.05, 3.63) is 52.0 Å². The van der Waals surface area contributed by atoms with Crippen molar-refractivity contribution in [2.75, 3.05) is 7.05 Å². The highest BCUT2D eigenvalue weighted by atomic mass is 32.1. The van der Waals surface area contributed by atoms with E-state index >= 15 is 0 Å². The highest BCUT2D eigenvalue weighted by molar-refractivity contribution is 7.07. The summed E-state index contributed by atoms with van der Waals surface area (Å²) in [5.41, 5.74) is 3.56. The maximum absolute atomic E-state index is 4.57. The number of hydrogen-bond acceptors (Lipinski definition) is 3. The van der Waals surface area contributed by atoms with Gasteiger partial charge in [0.25, 0.3) is 0 Å². The van der Waals surface area contributed by atoms with E-state index in [0.717, 1.165) is 17.8 Å². The molecule has 0 bridgehead atoms. The molecule has 84 valence electrons. The molecule has 2 aromatic rings. The van der Waals surface area contributed by atoms with Gasteiger partial charge in [0.15, 0.2) is 0 Å². The topological polar surface area (TPSA) is 24.9 Å². The zero-order chi connectivity index (χ0) is 11.4. The lowest BCUT2D eigenvalue weighted by atomic mass is 10.1. The van der Waals surface area contributed by atoms with E-state index in [1.807, 2.05) is 20.0 Å². The van der Waals surface area contributed by atoms with Crippen molar-refractivity contribution in [3.8, 4) is 0 Å². The third kappa shape index (κ3) is 2.68. The standard InChI is InChI=1S/C13H16N2S/c1-10-4-3-5-12(15-10)13(14-2)8-11-6-7-16-9-11/h3-7,9,13-14H,8H2,1-2H3. The van der Waals surface area contributed by atoms with Gasteiger partial charge >= 0.3 is 0 Å². The zero-order valence-electron chi connectivity index (χ0n) is 9.60. The molecule has 0 fully saturated rings. The van der Waals surface area contributed by atoms with Crippen molar-refractivity contribution < 1.29 is 0 Å². The van der Waals surface area contributed by atoms with E-state index in [1.165, 1.54) is 5.56 Å². The van der Waals surface area contributed by atoms with Crippen LogP contribution in [0.1, 0.15) is 23.0 Å². The molecule has 0 saturated carbocycles. The largest absolute Gasteiger partial charge is 0.311 e. The van der Waals surface area contributed by atoms with E-state index in [-0.39, 0.29) is 0 Å². The van der Waals surface area contributed by atoms with Gasteiger partial charge in [-0.25, -0.2) is 0 Å². The number of aromatic nitrogens is 1. The smallest absolute Gasteiger partial charge is 0.0579 e. The highest BCUT2D eigenvalue weighted by Crippen LogP contribution is 2.18. The lowest BCUT2D eigenvalue weighted by molar-refractivity contribution is 0.575. The zero-order valence-corrected chi connectivity index (χ0v) is 10.4. The molecule has 0 aromatic carbocycles. The fourth-order valence-corrected chi connectivity index (χ4v) is 2.44. The normalized spacial score (nSPS) is 12.6. The van der Waals surface area contributed by atoms with E-state index in [1.54, 1.807) is 11.3 Å². The summed E-state index contributed by atoms with van der Waals surface area (Å²) < 4.78 is 0. The maximum Gasteiger partial charge on any atom is 0.0579 e. The molecule has 0 spiro atoms. The van der Waals surface area contributed by atoms with Gasteiger partial charge in [-0.1, -0.05) is 6.07 Å². The first-order valence-electron chi connectivity index (χ1n) is 5.41. The minimum Gasteiger partial charge on any atom is -0.311 e. The number of aryl methyl sites for hydroxylation is 1. The third-order valence-electron chi connectivity index (χ3n) is 2.64. The SMILES string of the molecule is CNC(Cc1ccsc1)c1cccc(C)n1. The molecule has 0 amide bonds. The number of nitrogens with one attached hydrogen (secondary N) is 1. The van der Waals surface area contributed by atoms with Crippen molar-refractivity contribution in [2.24, 2.45) is 0 Å². The number of rotatable bonds is 4. The van der Waals surface area contributed by atoms with E-state index in [2.05, 4.69) is 39.3 Å². The Kier molecular flexibility index (Phi) is 3.70. The predicted molar refractivity (Wildman–Crippen MR) is 68.8 cm³/mol. The van der Waals surface area contributed by atoms with Crippen LogP contribution >= 0.6 is 11.3 Å². The number of thiophene rings is 1. The number of nitrogens with zero attached hydrogens (tertiary/aromatic N) is 1. The summed E-state index contributed by atoms with van der Waals surface area (Å²) in [6, 6.07) is 8.65. The Labute approximate surface area is 100 Å². The molecular weight excluding hydrogens is 216 g/mol. The van der Waals surface area contributed by atoms with Gasteiger partial charge in [-0.15, -0.1) is 0 Å². The van der Waals surface area contributed by atoms with Crippen molar-refractivity contribution in [1.29, 1.82) is 0 Å². The lowest BCUT2D eigenvalue weighted by Gasteiger charge is -2.15. The second-order valence-electron chi connectivity index (χ2n) is 3.88. The van der Waals surface area contributed by atoms with E-state index in [4.69, 9.17) is 0 Å². The first-order chi connectivity index (χ1) is 7.79. The molecule has 2 aromatic heterocycles. The van der Waals surface area contributed by atoms with E-state index < -0.39 is 0 Å². The van der Waals surface area contributed by atoms with Gasteiger partial charge < -0.3 is 5.32 Å². The summed E-state index contributed by atoms with van der Waals surface area (Å²) in [6.07, 6.45) is 0.996. The Morgan fingerprint density at radius 2 is 2.25 bits per heavy atom. The fraction of sp³-hybridized carbons (Fsp3) is 0.308. The Bertz CT molecular complexity index is 437. The second-order valence-corrected chi connectivity index (χ2v) is 4.66. The molecular formula is C13H16N2S. The lowest BCUT2D eigenvalue weighted by Crippen LogP contribution is -2.20. The van der Waals surface area contributed by atoms with Crippen molar-refractivity contribution in [3.63, 3.8) is 0 Å². The van der Waals surface area contributed by atoms with Crippen LogP contribution in [-0.4, -0.2) is 12.0 Å². The average Bonchev–Trinajstić information content (AvgIpc) is 2.78. The van der Waals surface area contributed by atoms with Crippen LogP contribution < -0.4 is 5.32 Å². The van der Waals surface area contributed by atoms with Crippen molar-refractivity contribution >= 4 is 11.3 Å². The Hall–Kier alpha value is -1.19. The molecule has 1 atom stereocenters. The predicted octanol–water partition coefficient (Wildman–Crippen LogP) is 2.95. The quantitative estimate of drug-likeness (QED) is 0.876. The summed E-state index contributed by atoms with van der Waals surface area (Å²) in [5, 5.41) is 7.64. The van der Waals surface area contributed by atoms with E-state index in [9.17, 15) is 0 Å². The van der Waals surface area contributed by atoms with Crippen molar-refractivity contribution in [1.82, 2.24) is 10.3 Å². The average molecular weight is 232 g/mol. The van der Waals surface area contributed by atoms with Gasteiger partial charge in [-0.3, -0.25) is 4.98 Å². The third-order valence-corrected chi connectivity index (χ3v) is 3.37. The fourth-order valence-electron chi connectivity index (χ4n) is 1.76. The van der Waals surface area contributed by atoms with Crippen LogP contribution in [0.3, 0.4) is 0 Å². The molecule has 1 N–H and O–H groups in total. The van der Waals surface area contributed by atoms with Gasteiger partial charge in [0.05, 0.1) is 11.7 Å². The number of likely N-dealkylation sites (N-methyl/N-ethyl adjacent to an activating group) is 1. The van der Waals surface area contributed by atoms with Crippen LogP contribution in [0.2, 0.25) is 0 Å². The molecule has 0 aliphatic carbocycles. The second kappa shape index (κ2) is 5.23. The van der Waals surface area contributed by atoms with Gasteiger partial charge in [-0.05, 0) is 54.9 Å². The van der Waals surface area contributed by atoms with Gasteiger partial charge in [0, 0.05) is 5.69 Å². The molecule has 0 saturated heterocycles. The highest BCUT2D eigenvalue weighted by Gasteiger charge is 2.11.